The van der Waals surface area contributed by atoms with Crippen molar-refractivity contribution in [3.05, 3.63) is 22.7 Å². The van der Waals surface area contributed by atoms with Gasteiger partial charge >= 0.3 is 0 Å². The molecule has 1 saturated heterocycles. The Bertz CT molecular complexity index is 745. The average Bonchev–Trinajstić information content (AvgIpc) is 2.77. The molecule has 0 radical (unpaired) electrons. The van der Waals surface area contributed by atoms with Gasteiger partial charge in [-0.3, -0.25) is 0 Å². The largest absolute Gasteiger partial charge is 0.496 e. The van der Waals surface area contributed by atoms with Gasteiger partial charge in [-0.05, 0) is 40.5 Å². The van der Waals surface area contributed by atoms with Crippen LogP contribution in [-0.2, 0) is 19.9 Å². The summed E-state index contributed by atoms with van der Waals surface area (Å²) in [4.78, 5) is 0.0990. The summed E-state index contributed by atoms with van der Waals surface area (Å²) < 4.78 is 54.8. The summed E-state index contributed by atoms with van der Waals surface area (Å²) in [6, 6.07) is 3.93. The molecule has 9 heteroatoms. The number of sulfonamides is 1. The second kappa shape index (κ2) is 5.86. The first-order chi connectivity index (χ1) is 9.67. The Morgan fingerprint density at radius 3 is 2.52 bits per heavy atom. The Morgan fingerprint density at radius 1 is 1.38 bits per heavy atom. The van der Waals surface area contributed by atoms with Crippen LogP contribution in [0.15, 0.2) is 27.6 Å². The first-order valence-electron chi connectivity index (χ1n) is 6.19. The maximum Gasteiger partial charge on any atom is 0.243 e. The van der Waals surface area contributed by atoms with Gasteiger partial charge in [0.15, 0.2) is 9.84 Å². The van der Waals surface area contributed by atoms with Crippen molar-refractivity contribution in [1.82, 2.24) is 4.31 Å². The number of benzene rings is 1. The summed E-state index contributed by atoms with van der Waals surface area (Å²) in [6.45, 7) is 0. The number of halogens is 1. The molecule has 118 valence electrons. The lowest BCUT2D eigenvalue weighted by atomic mass is 10.3. The molecular weight excluding hydrogens is 382 g/mol. The molecule has 1 fully saturated rings. The highest BCUT2D eigenvalue weighted by atomic mass is 79.9. The predicted octanol–water partition coefficient (Wildman–Crippen LogP) is 1.27. The van der Waals surface area contributed by atoms with Crippen LogP contribution < -0.4 is 4.74 Å². The highest BCUT2D eigenvalue weighted by Crippen LogP contribution is 2.30. The van der Waals surface area contributed by atoms with Crippen molar-refractivity contribution in [1.29, 1.82) is 0 Å². The van der Waals surface area contributed by atoms with Gasteiger partial charge < -0.3 is 4.74 Å². The standard InChI is InChI=1S/C12H16BrNO5S2/c1-14(9-5-6-20(15,16)8-9)21(17,18)10-3-4-12(19-2)11(13)7-10/h3-4,7,9H,5-6,8H2,1-2H3/t9-/m0/s1. The molecule has 0 saturated carbocycles. The number of methoxy groups -OCH3 is 1. The summed E-state index contributed by atoms with van der Waals surface area (Å²) in [6.07, 6.45) is 0.329. The van der Waals surface area contributed by atoms with Crippen LogP contribution >= 0.6 is 15.9 Å². The molecule has 1 aromatic rings. The SMILES string of the molecule is COc1ccc(S(=O)(=O)N(C)[C@H]2CCS(=O)(=O)C2)cc1Br. The van der Waals surface area contributed by atoms with E-state index in [1.165, 1.54) is 26.3 Å². The highest BCUT2D eigenvalue weighted by molar-refractivity contribution is 9.10. The molecule has 1 aromatic carbocycles. The van der Waals surface area contributed by atoms with E-state index in [0.717, 1.165) is 4.31 Å². The van der Waals surface area contributed by atoms with Gasteiger partial charge in [-0.25, -0.2) is 16.8 Å². The van der Waals surface area contributed by atoms with Crippen LogP contribution in [-0.4, -0.2) is 52.8 Å². The molecule has 0 amide bonds. The van der Waals surface area contributed by atoms with Crippen LogP contribution in [0.3, 0.4) is 0 Å². The van der Waals surface area contributed by atoms with Crippen molar-refractivity contribution < 1.29 is 21.6 Å². The summed E-state index contributed by atoms with van der Waals surface area (Å²) >= 11 is 3.25. The van der Waals surface area contributed by atoms with Crippen molar-refractivity contribution >= 4 is 35.8 Å². The van der Waals surface area contributed by atoms with Gasteiger partial charge in [0.1, 0.15) is 5.75 Å². The molecule has 21 heavy (non-hydrogen) atoms. The lowest BCUT2D eigenvalue weighted by molar-refractivity contribution is 0.393. The lowest BCUT2D eigenvalue weighted by Crippen LogP contribution is -2.37. The van der Waals surface area contributed by atoms with Gasteiger partial charge in [0.2, 0.25) is 10.0 Å². The number of hydrogen-bond donors (Lipinski definition) is 0. The first-order valence-corrected chi connectivity index (χ1v) is 10.2. The van der Waals surface area contributed by atoms with Gasteiger partial charge in [-0.15, -0.1) is 0 Å². The third kappa shape index (κ3) is 3.41. The van der Waals surface area contributed by atoms with Crippen LogP contribution in [0.2, 0.25) is 0 Å². The minimum Gasteiger partial charge on any atom is -0.496 e. The fraction of sp³-hybridized carbons (Fsp3) is 0.500. The third-order valence-corrected chi connectivity index (χ3v) is 7.80. The maximum atomic E-state index is 12.6. The molecule has 1 heterocycles. The average molecular weight is 398 g/mol. The Morgan fingerprint density at radius 2 is 2.05 bits per heavy atom. The Kier molecular flexibility index (Phi) is 4.67. The first kappa shape index (κ1) is 16.7. The molecule has 1 aliphatic rings. The van der Waals surface area contributed by atoms with E-state index in [-0.39, 0.29) is 16.4 Å². The van der Waals surface area contributed by atoms with E-state index in [9.17, 15) is 16.8 Å². The quantitative estimate of drug-likeness (QED) is 0.763. The molecule has 0 N–H and O–H groups in total. The van der Waals surface area contributed by atoms with E-state index < -0.39 is 25.9 Å². The highest BCUT2D eigenvalue weighted by Gasteiger charge is 2.36. The monoisotopic (exact) mass is 397 g/mol. The molecule has 0 unspecified atom stereocenters. The maximum absolute atomic E-state index is 12.6. The number of ether oxygens (including phenoxy) is 1. The Hall–Kier alpha value is -0.640. The summed E-state index contributed by atoms with van der Waals surface area (Å²) in [7, 11) is -3.97. The van der Waals surface area contributed by atoms with Gasteiger partial charge in [-0.2, -0.15) is 4.31 Å². The van der Waals surface area contributed by atoms with Crippen molar-refractivity contribution in [3.63, 3.8) is 0 Å². The van der Waals surface area contributed by atoms with E-state index in [1.54, 1.807) is 6.07 Å². The fourth-order valence-electron chi connectivity index (χ4n) is 2.23. The van der Waals surface area contributed by atoms with Crippen LogP contribution in [0.4, 0.5) is 0 Å². The summed E-state index contributed by atoms with van der Waals surface area (Å²) in [5.41, 5.74) is 0. The molecule has 2 rings (SSSR count). The van der Waals surface area contributed by atoms with E-state index in [2.05, 4.69) is 15.9 Å². The van der Waals surface area contributed by atoms with Crippen LogP contribution in [0.25, 0.3) is 0 Å². The summed E-state index contributed by atoms with van der Waals surface area (Å²) in [5.74, 6) is 0.434. The van der Waals surface area contributed by atoms with Gasteiger partial charge in [0.05, 0.1) is 28.0 Å². The van der Waals surface area contributed by atoms with E-state index in [1.807, 2.05) is 0 Å². The van der Waals surface area contributed by atoms with Crippen molar-refractivity contribution in [2.45, 2.75) is 17.4 Å². The number of hydrogen-bond acceptors (Lipinski definition) is 5. The zero-order valence-electron chi connectivity index (χ0n) is 11.6. The molecule has 6 nitrogen and oxygen atoms in total. The molecule has 0 bridgehead atoms. The lowest BCUT2D eigenvalue weighted by Gasteiger charge is -2.23. The van der Waals surface area contributed by atoms with E-state index in [0.29, 0.717) is 16.6 Å². The molecule has 1 aliphatic heterocycles. The van der Waals surface area contributed by atoms with E-state index >= 15 is 0 Å². The minimum atomic E-state index is -3.74. The number of rotatable bonds is 4. The number of sulfone groups is 1. The van der Waals surface area contributed by atoms with Gasteiger partial charge in [0, 0.05) is 13.1 Å². The normalized spacial score (nSPS) is 21.6. The van der Waals surface area contributed by atoms with Crippen LogP contribution in [0.1, 0.15) is 6.42 Å². The Labute approximate surface area is 133 Å². The second-order valence-electron chi connectivity index (χ2n) is 4.87. The fourth-order valence-corrected chi connectivity index (χ4v) is 6.20. The van der Waals surface area contributed by atoms with Crippen molar-refractivity contribution in [2.75, 3.05) is 25.7 Å². The molecule has 0 aliphatic carbocycles. The zero-order valence-corrected chi connectivity index (χ0v) is 14.8. The van der Waals surface area contributed by atoms with Crippen molar-refractivity contribution in [2.24, 2.45) is 0 Å². The molecule has 1 atom stereocenters. The smallest absolute Gasteiger partial charge is 0.243 e. The number of nitrogens with zero attached hydrogens (tertiary/aromatic N) is 1. The third-order valence-electron chi connectivity index (χ3n) is 3.52. The predicted molar refractivity (Wildman–Crippen MR) is 82.7 cm³/mol. The summed E-state index contributed by atoms with van der Waals surface area (Å²) in [5, 5.41) is 0. The topological polar surface area (TPSA) is 80.8 Å². The molecular formula is C12H16BrNO5S2. The second-order valence-corrected chi connectivity index (χ2v) is 9.96. The molecule has 0 spiro atoms. The van der Waals surface area contributed by atoms with Crippen LogP contribution in [0, 0.1) is 0 Å². The minimum absolute atomic E-state index is 0.0316. The van der Waals surface area contributed by atoms with Crippen LogP contribution in [0.5, 0.6) is 5.75 Å². The van der Waals surface area contributed by atoms with Gasteiger partial charge in [-0.1, -0.05) is 0 Å². The Balaban J connectivity index is 2.31. The van der Waals surface area contributed by atoms with Crippen molar-refractivity contribution in [3.8, 4) is 5.75 Å². The zero-order chi connectivity index (χ0) is 15.8. The van der Waals surface area contributed by atoms with Gasteiger partial charge in [0.25, 0.3) is 0 Å². The van der Waals surface area contributed by atoms with E-state index in [4.69, 9.17) is 4.74 Å². The molecule has 0 aromatic heterocycles.